The van der Waals surface area contributed by atoms with Crippen LogP contribution < -0.4 is 5.73 Å². The van der Waals surface area contributed by atoms with E-state index in [1.165, 1.54) is 96.4 Å². The molecule has 22 heavy (non-hydrogen) atoms. The van der Waals surface area contributed by atoms with Crippen LogP contribution in [0.4, 0.5) is 0 Å². The summed E-state index contributed by atoms with van der Waals surface area (Å²) in [7, 11) is 0. The van der Waals surface area contributed by atoms with Gasteiger partial charge in [-0.15, -0.1) is 0 Å². The minimum absolute atomic E-state index is 0.427. The molecule has 0 saturated carbocycles. The van der Waals surface area contributed by atoms with Crippen molar-refractivity contribution in [3.63, 3.8) is 0 Å². The van der Waals surface area contributed by atoms with Crippen molar-refractivity contribution in [1.29, 1.82) is 0 Å². The lowest BCUT2D eigenvalue weighted by atomic mass is 9.96. The Balaban J connectivity index is 2.28. The molecule has 0 aliphatic carbocycles. The Morgan fingerprint density at radius 2 is 1.41 bits per heavy atom. The van der Waals surface area contributed by atoms with E-state index >= 15 is 0 Å². The largest absolute Gasteiger partial charge is 0.327 e. The number of hydrogen-bond donors (Lipinski definition) is 1. The second-order valence-corrected chi connectivity index (χ2v) is 7.46. The standard InChI is InChI=1S/C20H42N2/c1-3-5-7-9-11-15-20(16-12-10-8-6-4-2)22-17-13-14-19(21)18-22/h19-20H,3-18,21H2,1-2H3. The molecule has 0 radical (unpaired) electrons. The van der Waals surface area contributed by atoms with Gasteiger partial charge in [-0.3, -0.25) is 4.90 Å². The van der Waals surface area contributed by atoms with E-state index in [-0.39, 0.29) is 0 Å². The number of likely N-dealkylation sites (tertiary alicyclic amines) is 1. The Morgan fingerprint density at radius 1 is 0.864 bits per heavy atom. The van der Waals surface area contributed by atoms with Crippen LogP contribution in [0.1, 0.15) is 104 Å². The van der Waals surface area contributed by atoms with Gasteiger partial charge in [0.15, 0.2) is 0 Å². The maximum Gasteiger partial charge on any atom is 0.0168 e. The SMILES string of the molecule is CCCCCCCC(CCCCCCC)N1CCCC(N)C1. The molecule has 1 aliphatic heterocycles. The van der Waals surface area contributed by atoms with Gasteiger partial charge in [-0.25, -0.2) is 0 Å². The zero-order valence-corrected chi connectivity index (χ0v) is 15.5. The van der Waals surface area contributed by atoms with Gasteiger partial charge in [-0.2, -0.15) is 0 Å². The molecule has 2 N–H and O–H groups in total. The van der Waals surface area contributed by atoms with Gasteiger partial charge in [0.25, 0.3) is 0 Å². The summed E-state index contributed by atoms with van der Waals surface area (Å²) in [5.74, 6) is 0. The van der Waals surface area contributed by atoms with Crippen molar-refractivity contribution in [2.45, 2.75) is 116 Å². The molecule has 1 aliphatic rings. The van der Waals surface area contributed by atoms with E-state index in [2.05, 4.69) is 18.7 Å². The molecule has 1 heterocycles. The summed E-state index contributed by atoms with van der Waals surface area (Å²) in [5.41, 5.74) is 6.21. The summed E-state index contributed by atoms with van der Waals surface area (Å²) >= 11 is 0. The van der Waals surface area contributed by atoms with Crippen molar-refractivity contribution in [2.75, 3.05) is 13.1 Å². The minimum Gasteiger partial charge on any atom is -0.327 e. The summed E-state index contributed by atoms with van der Waals surface area (Å²) < 4.78 is 0. The van der Waals surface area contributed by atoms with Gasteiger partial charge in [0, 0.05) is 18.6 Å². The third kappa shape index (κ3) is 9.15. The lowest BCUT2D eigenvalue weighted by Crippen LogP contribution is -2.47. The average Bonchev–Trinajstić information content (AvgIpc) is 2.52. The predicted molar refractivity (Wildman–Crippen MR) is 99.3 cm³/mol. The lowest BCUT2D eigenvalue weighted by molar-refractivity contribution is 0.130. The topological polar surface area (TPSA) is 29.3 Å². The molecule has 0 amide bonds. The number of nitrogens with zero attached hydrogens (tertiary/aromatic N) is 1. The first kappa shape index (κ1) is 20.0. The second-order valence-electron chi connectivity index (χ2n) is 7.46. The van der Waals surface area contributed by atoms with Crippen LogP contribution in [0.2, 0.25) is 0 Å². The molecule has 1 unspecified atom stereocenters. The Bertz CT molecular complexity index is 228. The summed E-state index contributed by atoms with van der Waals surface area (Å²) in [5, 5.41) is 0. The van der Waals surface area contributed by atoms with Crippen LogP contribution in [0.3, 0.4) is 0 Å². The van der Waals surface area contributed by atoms with Crippen molar-refractivity contribution >= 4 is 0 Å². The molecule has 1 rings (SSSR count). The van der Waals surface area contributed by atoms with E-state index < -0.39 is 0 Å². The van der Waals surface area contributed by atoms with Crippen molar-refractivity contribution in [3.05, 3.63) is 0 Å². The fourth-order valence-corrected chi connectivity index (χ4v) is 3.85. The number of hydrogen-bond acceptors (Lipinski definition) is 2. The number of piperidine rings is 1. The summed E-state index contributed by atoms with van der Waals surface area (Å²) in [6.07, 6.45) is 19.4. The second kappa shape index (κ2) is 13.4. The Labute approximate surface area is 140 Å². The molecule has 0 bridgehead atoms. The monoisotopic (exact) mass is 310 g/mol. The van der Waals surface area contributed by atoms with Crippen molar-refractivity contribution in [1.82, 2.24) is 4.90 Å². The third-order valence-corrected chi connectivity index (χ3v) is 5.29. The van der Waals surface area contributed by atoms with Gasteiger partial charge in [0.2, 0.25) is 0 Å². The highest BCUT2D eigenvalue weighted by Crippen LogP contribution is 2.21. The van der Waals surface area contributed by atoms with Gasteiger partial charge in [0.1, 0.15) is 0 Å². The van der Waals surface area contributed by atoms with E-state index in [4.69, 9.17) is 5.73 Å². The highest BCUT2D eigenvalue weighted by atomic mass is 15.2. The normalized spacial score (nSPS) is 19.9. The highest BCUT2D eigenvalue weighted by molar-refractivity contribution is 4.81. The fourth-order valence-electron chi connectivity index (χ4n) is 3.85. The maximum atomic E-state index is 6.21. The molecule has 0 spiro atoms. The molecular formula is C20H42N2. The molecule has 132 valence electrons. The van der Waals surface area contributed by atoms with Gasteiger partial charge in [-0.1, -0.05) is 78.1 Å². The maximum absolute atomic E-state index is 6.21. The van der Waals surface area contributed by atoms with Crippen LogP contribution in [0, 0.1) is 0 Å². The van der Waals surface area contributed by atoms with Crippen LogP contribution >= 0.6 is 0 Å². The molecule has 1 fully saturated rings. The minimum atomic E-state index is 0.427. The quantitative estimate of drug-likeness (QED) is 0.455. The average molecular weight is 311 g/mol. The van der Waals surface area contributed by atoms with E-state index in [0.717, 1.165) is 12.6 Å². The molecule has 1 atom stereocenters. The first-order chi connectivity index (χ1) is 10.8. The van der Waals surface area contributed by atoms with E-state index in [1.807, 2.05) is 0 Å². The highest BCUT2D eigenvalue weighted by Gasteiger charge is 2.23. The molecule has 2 nitrogen and oxygen atoms in total. The lowest BCUT2D eigenvalue weighted by Gasteiger charge is -2.37. The van der Waals surface area contributed by atoms with Gasteiger partial charge in [0.05, 0.1) is 0 Å². The molecule has 0 aromatic rings. The van der Waals surface area contributed by atoms with Gasteiger partial charge in [-0.05, 0) is 32.2 Å². The van der Waals surface area contributed by atoms with Crippen LogP contribution in [-0.2, 0) is 0 Å². The summed E-state index contributed by atoms with van der Waals surface area (Å²) in [6.45, 7) is 7.04. The third-order valence-electron chi connectivity index (χ3n) is 5.29. The van der Waals surface area contributed by atoms with E-state index in [1.54, 1.807) is 0 Å². The van der Waals surface area contributed by atoms with Crippen molar-refractivity contribution in [3.8, 4) is 0 Å². The molecule has 2 heteroatoms. The Morgan fingerprint density at radius 3 is 1.91 bits per heavy atom. The number of nitrogens with two attached hydrogens (primary N) is 1. The number of rotatable bonds is 13. The summed E-state index contributed by atoms with van der Waals surface area (Å²) in [6, 6.07) is 1.24. The van der Waals surface area contributed by atoms with Crippen LogP contribution in [0.25, 0.3) is 0 Å². The first-order valence-electron chi connectivity index (χ1n) is 10.3. The zero-order valence-electron chi connectivity index (χ0n) is 15.5. The number of unbranched alkanes of at least 4 members (excludes halogenated alkanes) is 8. The zero-order chi connectivity index (χ0) is 16.0. The van der Waals surface area contributed by atoms with Crippen LogP contribution in [-0.4, -0.2) is 30.1 Å². The first-order valence-corrected chi connectivity index (χ1v) is 10.3. The fraction of sp³-hybridized carbons (Fsp3) is 1.00. The Kier molecular flexibility index (Phi) is 12.1. The summed E-state index contributed by atoms with van der Waals surface area (Å²) in [4.78, 5) is 2.73. The van der Waals surface area contributed by atoms with Gasteiger partial charge >= 0.3 is 0 Å². The van der Waals surface area contributed by atoms with Crippen LogP contribution in [0.15, 0.2) is 0 Å². The predicted octanol–water partition coefficient (Wildman–Crippen LogP) is 5.50. The Hall–Kier alpha value is -0.0800. The van der Waals surface area contributed by atoms with E-state index in [9.17, 15) is 0 Å². The van der Waals surface area contributed by atoms with E-state index in [0.29, 0.717) is 6.04 Å². The smallest absolute Gasteiger partial charge is 0.0168 e. The molecule has 0 aromatic heterocycles. The molecule has 1 saturated heterocycles. The van der Waals surface area contributed by atoms with Crippen molar-refractivity contribution < 1.29 is 0 Å². The van der Waals surface area contributed by atoms with Crippen LogP contribution in [0.5, 0.6) is 0 Å². The molecule has 0 aromatic carbocycles. The van der Waals surface area contributed by atoms with Gasteiger partial charge < -0.3 is 5.73 Å². The van der Waals surface area contributed by atoms with Crippen molar-refractivity contribution in [2.24, 2.45) is 5.73 Å². The molecular weight excluding hydrogens is 268 g/mol.